The molecule has 4 nitrogen and oxygen atoms in total. The Morgan fingerprint density at radius 1 is 1.00 bits per heavy atom. The van der Waals surface area contributed by atoms with Crippen LogP contribution in [0.25, 0.3) is 11.1 Å². The highest BCUT2D eigenvalue weighted by atomic mass is 19.1. The highest BCUT2D eigenvalue weighted by Gasteiger charge is 2.52. The molecule has 2 aliphatic carbocycles. The molecule has 212 valence electrons. The Kier molecular flexibility index (Phi) is 8.37. The van der Waals surface area contributed by atoms with Gasteiger partial charge in [-0.3, -0.25) is 4.79 Å². The second kappa shape index (κ2) is 11.6. The van der Waals surface area contributed by atoms with Gasteiger partial charge in [0.15, 0.2) is 0 Å². The minimum Gasteiger partial charge on any atom is -0.493 e. The van der Waals surface area contributed by atoms with Gasteiger partial charge in [-0.15, -0.1) is 0 Å². The average Bonchev–Trinajstić information content (AvgIpc) is 3.35. The maximum atomic E-state index is 13.6. The van der Waals surface area contributed by atoms with E-state index >= 15 is 0 Å². The number of halogens is 1. The molecular weight excluding hydrogens is 491 g/mol. The summed E-state index contributed by atoms with van der Waals surface area (Å²) in [7, 11) is 0. The van der Waals surface area contributed by atoms with E-state index in [0.29, 0.717) is 31.0 Å². The molecule has 1 saturated heterocycles. The SMILES string of the molecule is CCOC(=O)C1(C)CCC(C2COC3(CC(Cc4cc(CC)c(-c5ccc(F)cc5)c(OCC)c4)C3)C2)CC1. The molecule has 2 saturated carbocycles. The standard InChI is InChI=1S/C34H45FO4/c1-5-25-17-23(18-30(37-6-2)31(25)27-8-10-29(35)11-9-27)16-24-19-34(20-24)21-28(22-39-34)26-12-14-33(4,15-13-26)32(36)38-7-3/h8-11,17-18,24,26,28H,5-7,12-16,19-22H2,1-4H3. The van der Waals surface area contributed by atoms with Crippen molar-refractivity contribution in [3.05, 3.63) is 53.3 Å². The molecule has 1 heterocycles. The van der Waals surface area contributed by atoms with Crippen LogP contribution in [0.3, 0.4) is 0 Å². The minimum absolute atomic E-state index is 0.0196. The number of esters is 1. The maximum Gasteiger partial charge on any atom is 0.311 e. The Labute approximate surface area is 233 Å². The van der Waals surface area contributed by atoms with E-state index in [-0.39, 0.29) is 22.8 Å². The summed E-state index contributed by atoms with van der Waals surface area (Å²) in [5.41, 5.74) is 4.40. The largest absolute Gasteiger partial charge is 0.493 e. The zero-order valence-electron chi connectivity index (χ0n) is 24.2. The zero-order chi connectivity index (χ0) is 27.6. The molecule has 1 unspecified atom stereocenters. The molecule has 1 spiro atoms. The van der Waals surface area contributed by atoms with Crippen molar-refractivity contribution in [1.29, 1.82) is 0 Å². The Hall–Kier alpha value is -2.40. The van der Waals surface area contributed by atoms with Crippen LogP contribution < -0.4 is 4.74 Å². The third-order valence-corrected chi connectivity index (χ3v) is 9.71. The van der Waals surface area contributed by atoms with Crippen molar-refractivity contribution in [1.82, 2.24) is 0 Å². The molecular formula is C34H45FO4. The van der Waals surface area contributed by atoms with E-state index in [1.165, 1.54) is 23.3 Å². The molecule has 1 aliphatic heterocycles. The van der Waals surface area contributed by atoms with Crippen LogP contribution in [0, 0.1) is 29.0 Å². The second-order valence-corrected chi connectivity index (χ2v) is 12.5. The van der Waals surface area contributed by atoms with E-state index in [0.717, 1.165) is 81.3 Å². The Morgan fingerprint density at radius 3 is 2.36 bits per heavy atom. The van der Waals surface area contributed by atoms with Crippen LogP contribution in [0.4, 0.5) is 4.39 Å². The monoisotopic (exact) mass is 536 g/mol. The number of aryl methyl sites for hydroxylation is 1. The summed E-state index contributed by atoms with van der Waals surface area (Å²) in [6, 6.07) is 11.3. The van der Waals surface area contributed by atoms with Crippen LogP contribution in [0.15, 0.2) is 36.4 Å². The van der Waals surface area contributed by atoms with Gasteiger partial charge in [-0.05, 0) is 131 Å². The average molecular weight is 537 g/mol. The van der Waals surface area contributed by atoms with E-state index in [1.807, 2.05) is 26.0 Å². The van der Waals surface area contributed by atoms with Crippen molar-refractivity contribution in [2.45, 2.75) is 91.1 Å². The number of rotatable bonds is 9. The normalized spacial score (nSPS) is 30.2. The van der Waals surface area contributed by atoms with Crippen molar-refractivity contribution < 1.29 is 23.4 Å². The molecule has 5 heteroatoms. The fraction of sp³-hybridized carbons (Fsp3) is 0.618. The molecule has 2 aromatic rings. The summed E-state index contributed by atoms with van der Waals surface area (Å²) in [6.45, 7) is 10.1. The van der Waals surface area contributed by atoms with Crippen LogP contribution in [0.5, 0.6) is 5.75 Å². The first-order valence-electron chi connectivity index (χ1n) is 15.1. The van der Waals surface area contributed by atoms with Crippen molar-refractivity contribution in [3.63, 3.8) is 0 Å². The Morgan fingerprint density at radius 2 is 1.72 bits per heavy atom. The van der Waals surface area contributed by atoms with Crippen molar-refractivity contribution in [2.24, 2.45) is 23.2 Å². The molecule has 2 aromatic carbocycles. The molecule has 39 heavy (non-hydrogen) atoms. The summed E-state index contributed by atoms with van der Waals surface area (Å²) < 4.78 is 31.5. The van der Waals surface area contributed by atoms with Crippen LogP contribution >= 0.6 is 0 Å². The van der Waals surface area contributed by atoms with E-state index < -0.39 is 0 Å². The van der Waals surface area contributed by atoms with Crippen LogP contribution in [0.2, 0.25) is 0 Å². The van der Waals surface area contributed by atoms with Crippen molar-refractivity contribution in [3.8, 4) is 16.9 Å². The maximum absolute atomic E-state index is 13.6. The van der Waals surface area contributed by atoms with Crippen molar-refractivity contribution in [2.75, 3.05) is 19.8 Å². The topological polar surface area (TPSA) is 44.8 Å². The lowest BCUT2D eigenvalue weighted by Gasteiger charge is -2.45. The lowest BCUT2D eigenvalue weighted by Crippen LogP contribution is -2.44. The molecule has 5 rings (SSSR count). The number of hydrogen-bond acceptors (Lipinski definition) is 4. The number of carbonyl (C=O) groups excluding carboxylic acids is 1. The summed E-state index contributed by atoms with van der Waals surface area (Å²) in [5, 5.41) is 0. The molecule has 0 bridgehead atoms. The van der Waals surface area contributed by atoms with Crippen LogP contribution in [-0.4, -0.2) is 31.4 Å². The molecule has 0 aromatic heterocycles. The van der Waals surface area contributed by atoms with Gasteiger partial charge >= 0.3 is 5.97 Å². The van der Waals surface area contributed by atoms with Gasteiger partial charge in [0.1, 0.15) is 11.6 Å². The predicted octanol–water partition coefficient (Wildman–Crippen LogP) is 7.94. The van der Waals surface area contributed by atoms with Gasteiger partial charge in [-0.1, -0.05) is 25.1 Å². The minimum atomic E-state index is -0.310. The predicted molar refractivity (Wildman–Crippen MR) is 152 cm³/mol. The smallest absolute Gasteiger partial charge is 0.311 e. The second-order valence-electron chi connectivity index (χ2n) is 12.5. The van der Waals surface area contributed by atoms with E-state index in [1.54, 1.807) is 0 Å². The van der Waals surface area contributed by atoms with E-state index in [9.17, 15) is 9.18 Å². The fourth-order valence-electron chi connectivity index (χ4n) is 7.54. The van der Waals surface area contributed by atoms with Gasteiger partial charge in [0.25, 0.3) is 0 Å². The van der Waals surface area contributed by atoms with Gasteiger partial charge in [0.05, 0.1) is 30.8 Å². The highest BCUT2D eigenvalue weighted by molar-refractivity contribution is 5.76. The van der Waals surface area contributed by atoms with Crippen LogP contribution in [-0.2, 0) is 27.1 Å². The fourth-order valence-corrected chi connectivity index (χ4v) is 7.54. The van der Waals surface area contributed by atoms with E-state index in [2.05, 4.69) is 26.0 Å². The van der Waals surface area contributed by atoms with Gasteiger partial charge < -0.3 is 14.2 Å². The zero-order valence-corrected chi connectivity index (χ0v) is 24.2. The molecule has 0 radical (unpaired) electrons. The third kappa shape index (κ3) is 5.89. The van der Waals surface area contributed by atoms with E-state index in [4.69, 9.17) is 14.2 Å². The summed E-state index contributed by atoms with van der Waals surface area (Å²) >= 11 is 0. The van der Waals surface area contributed by atoms with Gasteiger partial charge in [0.2, 0.25) is 0 Å². The van der Waals surface area contributed by atoms with Crippen molar-refractivity contribution >= 4 is 5.97 Å². The lowest BCUT2D eigenvalue weighted by atomic mass is 9.63. The third-order valence-electron chi connectivity index (χ3n) is 9.71. The number of hydrogen-bond donors (Lipinski definition) is 0. The first-order valence-corrected chi connectivity index (χ1v) is 15.1. The molecule has 1 atom stereocenters. The number of carbonyl (C=O) groups is 1. The summed E-state index contributed by atoms with van der Waals surface area (Å²) in [5.74, 6) is 2.55. The summed E-state index contributed by atoms with van der Waals surface area (Å²) in [6.07, 6.45) is 9.41. The number of benzene rings is 2. The number of ether oxygens (including phenoxy) is 3. The highest BCUT2D eigenvalue weighted by Crippen LogP contribution is 2.54. The molecule has 3 fully saturated rings. The molecule has 0 N–H and O–H groups in total. The van der Waals surface area contributed by atoms with Gasteiger partial charge in [0, 0.05) is 5.56 Å². The van der Waals surface area contributed by atoms with Crippen LogP contribution in [0.1, 0.15) is 83.8 Å². The molecule has 0 amide bonds. The van der Waals surface area contributed by atoms with Gasteiger partial charge in [-0.25, -0.2) is 4.39 Å². The quantitative estimate of drug-likeness (QED) is 0.305. The Bertz CT molecular complexity index is 1140. The first-order chi connectivity index (χ1) is 18.8. The lowest BCUT2D eigenvalue weighted by molar-refractivity contribution is -0.157. The summed E-state index contributed by atoms with van der Waals surface area (Å²) in [4.78, 5) is 12.4. The molecule has 3 aliphatic rings. The first kappa shape index (κ1) is 28.1. The Balaban J connectivity index is 1.19. The van der Waals surface area contributed by atoms with Gasteiger partial charge in [-0.2, -0.15) is 0 Å².